The van der Waals surface area contributed by atoms with E-state index in [1.807, 2.05) is 0 Å². The van der Waals surface area contributed by atoms with Crippen LogP contribution in [-0.2, 0) is 12.6 Å². The Hall–Kier alpha value is -0.660. The van der Waals surface area contributed by atoms with E-state index in [-0.39, 0.29) is 22.9 Å². The van der Waals surface area contributed by atoms with Crippen LogP contribution in [0.3, 0.4) is 0 Å². The lowest BCUT2D eigenvalue weighted by atomic mass is 10.0. The third kappa shape index (κ3) is 3.65. The molecule has 0 spiro atoms. The second-order valence-corrected chi connectivity index (χ2v) is 4.26. The standard InChI is InChI=1S/C10H9BrF4O2/c11-7-3-2-6(10(13,14)15)9(12)5(7)1-4-8(16)17/h2-3,8,16-17H,1,4H2. The minimum absolute atomic E-state index is 0.170. The molecule has 0 fully saturated rings. The summed E-state index contributed by atoms with van der Waals surface area (Å²) >= 11 is 2.93. The summed E-state index contributed by atoms with van der Waals surface area (Å²) < 4.78 is 51.0. The molecule has 0 aliphatic heterocycles. The molecular formula is C10H9BrF4O2. The van der Waals surface area contributed by atoms with Crippen LogP contribution in [0.5, 0.6) is 0 Å². The zero-order valence-corrected chi connectivity index (χ0v) is 10.0. The van der Waals surface area contributed by atoms with Gasteiger partial charge in [-0.2, -0.15) is 13.2 Å². The number of rotatable bonds is 3. The van der Waals surface area contributed by atoms with Gasteiger partial charge in [-0.05, 0) is 18.6 Å². The Balaban J connectivity index is 3.12. The number of aliphatic hydroxyl groups excluding tert-OH is 1. The van der Waals surface area contributed by atoms with Crippen molar-refractivity contribution in [3.63, 3.8) is 0 Å². The summed E-state index contributed by atoms with van der Waals surface area (Å²) in [6.45, 7) is 0. The number of alkyl halides is 3. The molecule has 7 heteroatoms. The van der Waals surface area contributed by atoms with Crippen LogP contribution in [0.4, 0.5) is 17.6 Å². The molecule has 0 bridgehead atoms. The van der Waals surface area contributed by atoms with Gasteiger partial charge in [0.25, 0.3) is 0 Å². The Morgan fingerprint density at radius 2 is 1.82 bits per heavy atom. The minimum Gasteiger partial charge on any atom is -0.368 e. The van der Waals surface area contributed by atoms with E-state index in [1.54, 1.807) is 0 Å². The zero-order chi connectivity index (χ0) is 13.2. The maximum absolute atomic E-state index is 13.6. The lowest BCUT2D eigenvalue weighted by Crippen LogP contribution is -2.12. The Morgan fingerprint density at radius 1 is 1.24 bits per heavy atom. The summed E-state index contributed by atoms with van der Waals surface area (Å²) in [6.07, 6.45) is -6.89. The fourth-order valence-electron chi connectivity index (χ4n) is 1.32. The lowest BCUT2D eigenvalue weighted by molar-refractivity contribution is -0.140. The molecule has 1 aromatic rings. The third-order valence-electron chi connectivity index (χ3n) is 2.14. The van der Waals surface area contributed by atoms with Crippen molar-refractivity contribution in [3.8, 4) is 0 Å². The zero-order valence-electron chi connectivity index (χ0n) is 8.43. The van der Waals surface area contributed by atoms with E-state index in [0.29, 0.717) is 6.07 Å². The summed E-state index contributed by atoms with van der Waals surface area (Å²) in [5, 5.41) is 17.2. The summed E-state index contributed by atoms with van der Waals surface area (Å²) in [5.74, 6) is -1.38. The Labute approximate surface area is 103 Å². The Morgan fingerprint density at radius 3 is 2.29 bits per heavy atom. The van der Waals surface area contributed by atoms with Crippen LogP contribution >= 0.6 is 15.9 Å². The molecular weight excluding hydrogens is 308 g/mol. The first-order valence-corrected chi connectivity index (χ1v) is 5.43. The molecule has 0 aliphatic carbocycles. The smallest absolute Gasteiger partial charge is 0.368 e. The maximum atomic E-state index is 13.6. The molecule has 0 heterocycles. The molecule has 96 valence electrons. The van der Waals surface area contributed by atoms with Crippen molar-refractivity contribution in [3.05, 3.63) is 33.5 Å². The van der Waals surface area contributed by atoms with Crippen molar-refractivity contribution in [1.29, 1.82) is 0 Å². The summed E-state index contributed by atoms with van der Waals surface area (Å²) in [4.78, 5) is 0. The molecule has 2 N–H and O–H groups in total. The molecule has 0 aliphatic rings. The van der Waals surface area contributed by atoms with Crippen molar-refractivity contribution >= 4 is 15.9 Å². The molecule has 17 heavy (non-hydrogen) atoms. The average Bonchev–Trinajstić information content (AvgIpc) is 2.14. The topological polar surface area (TPSA) is 40.5 Å². The van der Waals surface area contributed by atoms with Gasteiger partial charge in [-0.1, -0.05) is 15.9 Å². The highest BCUT2D eigenvalue weighted by Crippen LogP contribution is 2.35. The summed E-state index contributed by atoms with van der Waals surface area (Å²) in [6, 6.07) is 1.73. The van der Waals surface area contributed by atoms with Gasteiger partial charge >= 0.3 is 6.18 Å². The predicted octanol–water partition coefficient (Wildman–Crippen LogP) is 2.85. The second-order valence-electron chi connectivity index (χ2n) is 3.40. The van der Waals surface area contributed by atoms with Crippen LogP contribution in [0.15, 0.2) is 16.6 Å². The number of hydrogen-bond acceptors (Lipinski definition) is 2. The van der Waals surface area contributed by atoms with Crippen LogP contribution in [-0.4, -0.2) is 16.5 Å². The van der Waals surface area contributed by atoms with Crippen molar-refractivity contribution in [2.75, 3.05) is 0 Å². The largest absolute Gasteiger partial charge is 0.419 e. The highest BCUT2D eigenvalue weighted by Gasteiger charge is 2.35. The number of aliphatic hydroxyl groups is 2. The normalized spacial score (nSPS) is 12.2. The number of hydrogen-bond donors (Lipinski definition) is 2. The van der Waals surface area contributed by atoms with E-state index < -0.39 is 23.8 Å². The highest BCUT2D eigenvalue weighted by atomic mass is 79.9. The van der Waals surface area contributed by atoms with Gasteiger partial charge in [0.05, 0.1) is 5.56 Å². The molecule has 1 rings (SSSR count). The first-order valence-electron chi connectivity index (χ1n) is 4.63. The van der Waals surface area contributed by atoms with Crippen molar-refractivity contribution in [2.45, 2.75) is 25.3 Å². The van der Waals surface area contributed by atoms with Gasteiger partial charge in [-0.3, -0.25) is 0 Å². The molecule has 0 radical (unpaired) electrons. The van der Waals surface area contributed by atoms with E-state index in [9.17, 15) is 17.6 Å². The van der Waals surface area contributed by atoms with Crippen molar-refractivity contribution in [1.82, 2.24) is 0 Å². The van der Waals surface area contributed by atoms with Crippen LogP contribution < -0.4 is 0 Å². The third-order valence-corrected chi connectivity index (χ3v) is 2.89. The van der Waals surface area contributed by atoms with Crippen LogP contribution in [0.1, 0.15) is 17.5 Å². The maximum Gasteiger partial charge on any atom is 0.419 e. The van der Waals surface area contributed by atoms with Crippen molar-refractivity contribution < 1.29 is 27.8 Å². The molecule has 0 atom stereocenters. The van der Waals surface area contributed by atoms with Gasteiger partial charge < -0.3 is 10.2 Å². The fourth-order valence-corrected chi connectivity index (χ4v) is 1.82. The molecule has 1 aromatic carbocycles. The summed E-state index contributed by atoms with van der Waals surface area (Å²) in [7, 11) is 0. The van der Waals surface area contributed by atoms with Gasteiger partial charge in [-0.25, -0.2) is 4.39 Å². The molecule has 0 saturated heterocycles. The highest BCUT2D eigenvalue weighted by molar-refractivity contribution is 9.10. The Bertz CT molecular complexity index is 404. The number of halogens is 5. The first-order chi connectivity index (χ1) is 7.73. The van der Waals surface area contributed by atoms with E-state index in [4.69, 9.17) is 10.2 Å². The lowest BCUT2D eigenvalue weighted by Gasteiger charge is -2.13. The molecule has 0 saturated carbocycles. The van der Waals surface area contributed by atoms with Gasteiger partial charge in [0.1, 0.15) is 5.82 Å². The van der Waals surface area contributed by atoms with Gasteiger partial charge in [0, 0.05) is 16.5 Å². The van der Waals surface area contributed by atoms with Crippen molar-refractivity contribution in [2.24, 2.45) is 0 Å². The van der Waals surface area contributed by atoms with Crippen LogP contribution in [0.2, 0.25) is 0 Å². The van der Waals surface area contributed by atoms with E-state index in [2.05, 4.69) is 15.9 Å². The average molecular weight is 317 g/mol. The fraction of sp³-hybridized carbons (Fsp3) is 0.400. The monoisotopic (exact) mass is 316 g/mol. The van der Waals surface area contributed by atoms with Crippen LogP contribution in [0, 0.1) is 5.82 Å². The van der Waals surface area contributed by atoms with Gasteiger partial charge in [0.2, 0.25) is 0 Å². The second kappa shape index (κ2) is 5.32. The molecule has 0 unspecified atom stereocenters. The van der Waals surface area contributed by atoms with E-state index >= 15 is 0 Å². The predicted molar refractivity (Wildman–Crippen MR) is 55.6 cm³/mol. The van der Waals surface area contributed by atoms with Gasteiger partial charge in [0.15, 0.2) is 6.29 Å². The molecule has 2 nitrogen and oxygen atoms in total. The quantitative estimate of drug-likeness (QED) is 0.665. The Kier molecular flexibility index (Phi) is 4.51. The van der Waals surface area contributed by atoms with E-state index in [1.165, 1.54) is 0 Å². The van der Waals surface area contributed by atoms with Crippen LogP contribution in [0.25, 0.3) is 0 Å². The molecule has 0 amide bonds. The SMILES string of the molecule is OC(O)CCc1c(Br)ccc(C(F)(F)F)c1F. The number of benzene rings is 1. The van der Waals surface area contributed by atoms with Gasteiger partial charge in [-0.15, -0.1) is 0 Å². The van der Waals surface area contributed by atoms with E-state index in [0.717, 1.165) is 6.07 Å². The minimum atomic E-state index is -4.77. The molecule has 0 aromatic heterocycles. The summed E-state index contributed by atoms with van der Waals surface area (Å²) in [5.41, 5.74) is -1.57. The first kappa shape index (κ1) is 14.4.